The number of ether oxygens (including phenoxy) is 2. The summed E-state index contributed by atoms with van der Waals surface area (Å²) in [5.74, 6) is -0.428. The first kappa shape index (κ1) is 18.9. The summed E-state index contributed by atoms with van der Waals surface area (Å²) >= 11 is 0. The van der Waals surface area contributed by atoms with Crippen LogP contribution in [-0.4, -0.2) is 54.8 Å². The van der Waals surface area contributed by atoms with E-state index in [1.807, 2.05) is 0 Å². The van der Waals surface area contributed by atoms with Crippen molar-refractivity contribution in [3.8, 4) is 0 Å². The predicted octanol–water partition coefficient (Wildman–Crippen LogP) is 0.669. The highest BCUT2D eigenvalue weighted by atomic mass is 32.2. The standard InChI is InChI=1S/C15H24N2O6S/c1-11-12(14(18)22-3)8-13(23-11)24(19,20)17-9-15(10-21-2)4-6-16-7-5-15/h8,16-17H,4-7,9-10H2,1-3H3. The lowest BCUT2D eigenvalue weighted by molar-refractivity contribution is 0.0576. The Morgan fingerprint density at radius 2 is 2.04 bits per heavy atom. The van der Waals surface area contributed by atoms with Crippen molar-refractivity contribution in [2.75, 3.05) is 40.5 Å². The van der Waals surface area contributed by atoms with E-state index in [2.05, 4.69) is 14.8 Å². The number of hydrogen-bond donors (Lipinski definition) is 2. The number of methoxy groups -OCH3 is 2. The summed E-state index contributed by atoms with van der Waals surface area (Å²) in [6.45, 7) is 3.87. The summed E-state index contributed by atoms with van der Waals surface area (Å²) in [5, 5.41) is 2.96. The quantitative estimate of drug-likeness (QED) is 0.688. The zero-order valence-corrected chi connectivity index (χ0v) is 15.0. The van der Waals surface area contributed by atoms with Gasteiger partial charge in [0.2, 0.25) is 5.09 Å². The number of carbonyl (C=O) groups is 1. The number of aryl methyl sites for hydroxylation is 1. The maximum Gasteiger partial charge on any atom is 0.341 e. The second-order valence-corrected chi connectivity index (χ2v) is 7.73. The van der Waals surface area contributed by atoms with Crippen LogP contribution in [0.5, 0.6) is 0 Å². The van der Waals surface area contributed by atoms with Gasteiger partial charge in [0.25, 0.3) is 10.0 Å². The number of esters is 1. The van der Waals surface area contributed by atoms with Crippen LogP contribution in [0.4, 0.5) is 0 Å². The van der Waals surface area contributed by atoms with Crippen LogP contribution in [0.2, 0.25) is 0 Å². The van der Waals surface area contributed by atoms with Crippen molar-refractivity contribution in [3.05, 3.63) is 17.4 Å². The Labute approximate surface area is 141 Å². The molecule has 2 heterocycles. The molecule has 2 N–H and O–H groups in total. The zero-order valence-electron chi connectivity index (χ0n) is 14.2. The Hall–Kier alpha value is -1.42. The largest absolute Gasteiger partial charge is 0.465 e. The van der Waals surface area contributed by atoms with Crippen LogP contribution in [0, 0.1) is 12.3 Å². The van der Waals surface area contributed by atoms with Crippen LogP contribution in [-0.2, 0) is 19.5 Å². The van der Waals surface area contributed by atoms with E-state index in [0.717, 1.165) is 25.9 Å². The lowest BCUT2D eigenvalue weighted by Crippen LogP contribution is -2.47. The summed E-state index contributed by atoms with van der Waals surface area (Å²) in [5.41, 5.74) is -0.147. The van der Waals surface area contributed by atoms with Gasteiger partial charge in [-0.25, -0.2) is 17.9 Å². The second kappa shape index (κ2) is 7.64. The maximum atomic E-state index is 12.5. The third-order valence-corrected chi connectivity index (χ3v) is 5.57. The molecule has 0 bridgehead atoms. The molecule has 0 aliphatic carbocycles. The monoisotopic (exact) mass is 360 g/mol. The Morgan fingerprint density at radius 3 is 2.62 bits per heavy atom. The van der Waals surface area contributed by atoms with Crippen molar-refractivity contribution in [1.29, 1.82) is 0 Å². The van der Waals surface area contributed by atoms with Gasteiger partial charge in [0.1, 0.15) is 11.3 Å². The normalized spacial score (nSPS) is 17.6. The summed E-state index contributed by atoms with van der Waals surface area (Å²) in [7, 11) is -1.02. The van der Waals surface area contributed by atoms with Gasteiger partial charge in [-0.15, -0.1) is 0 Å². The number of rotatable bonds is 7. The highest BCUT2D eigenvalue weighted by Crippen LogP contribution is 2.29. The van der Waals surface area contributed by atoms with Crippen molar-refractivity contribution in [1.82, 2.24) is 10.0 Å². The fourth-order valence-corrected chi connectivity index (χ4v) is 4.00. The molecular weight excluding hydrogens is 336 g/mol. The number of hydrogen-bond acceptors (Lipinski definition) is 7. The number of carbonyl (C=O) groups excluding carboxylic acids is 1. The Kier molecular flexibility index (Phi) is 6.02. The van der Waals surface area contributed by atoms with Crippen molar-refractivity contribution >= 4 is 16.0 Å². The lowest BCUT2D eigenvalue weighted by Gasteiger charge is -2.36. The van der Waals surface area contributed by atoms with E-state index >= 15 is 0 Å². The van der Waals surface area contributed by atoms with Crippen LogP contribution < -0.4 is 10.0 Å². The molecule has 0 unspecified atom stereocenters. The SMILES string of the molecule is COCC1(CNS(=O)(=O)c2cc(C(=O)OC)c(C)o2)CCNCC1. The smallest absolute Gasteiger partial charge is 0.341 e. The second-order valence-electron chi connectivity index (χ2n) is 6.03. The molecule has 0 saturated carbocycles. The highest BCUT2D eigenvalue weighted by molar-refractivity contribution is 7.89. The van der Waals surface area contributed by atoms with Gasteiger partial charge in [-0.1, -0.05) is 0 Å². The van der Waals surface area contributed by atoms with E-state index in [-0.39, 0.29) is 28.4 Å². The topological polar surface area (TPSA) is 107 Å². The van der Waals surface area contributed by atoms with Gasteiger partial charge in [-0.2, -0.15) is 0 Å². The lowest BCUT2D eigenvalue weighted by atomic mass is 9.80. The van der Waals surface area contributed by atoms with Gasteiger partial charge in [0, 0.05) is 25.1 Å². The third-order valence-electron chi connectivity index (χ3n) is 4.32. The molecule has 0 spiro atoms. The fourth-order valence-electron chi connectivity index (χ4n) is 2.85. The molecular formula is C15H24N2O6S. The summed E-state index contributed by atoms with van der Waals surface area (Å²) in [6, 6.07) is 1.19. The molecule has 2 rings (SSSR count). The van der Waals surface area contributed by atoms with Crippen LogP contribution in [0.3, 0.4) is 0 Å². The first-order chi connectivity index (χ1) is 11.3. The van der Waals surface area contributed by atoms with Gasteiger partial charge in [-0.3, -0.25) is 0 Å². The predicted molar refractivity (Wildman–Crippen MR) is 86.4 cm³/mol. The molecule has 1 aliphatic heterocycles. The van der Waals surface area contributed by atoms with Gasteiger partial charge in [0.15, 0.2) is 0 Å². The molecule has 0 radical (unpaired) electrons. The average Bonchev–Trinajstić information content (AvgIpc) is 2.96. The molecule has 1 aliphatic rings. The van der Waals surface area contributed by atoms with E-state index in [9.17, 15) is 13.2 Å². The Bertz CT molecular complexity index is 671. The van der Waals surface area contributed by atoms with E-state index in [1.165, 1.54) is 20.1 Å². The van der Waals surface area contributed by atoms with Crippen molar-refractivity contribution in [3.63, 3.8) is 0 Å². The van der Waals surface area contributed by atoms with Crippen molar-refractivity contribution < 1.29 is 27.1 Å². The molecule has 1 aromatic heterocycles. The minimum Gasteiger partial charge on any atom is -0.465 e. The fraction of sp³-hybridized carbons (Fsp3) is 0.667. The van der Waals surface area contributed by atoms with E-state index in [4.69, 9.17) is 9.15 Å². The molecule has 1 aromatic rings. The molecule has 9 heteroatoms. The van der Waals surface area contributed by atoms with Gasteiger partial charge < -0.3 is 19.2 Å². The highest BCUT2D eigenvalue weighted by Gasteiger charge is 2.34. The van der Waals surface area contributed by atoms with Gasteiger partial charge in [-0.05, 0) is 32.9 Å². The van der Waals surface area contributed by atoms with Crippen molar-refractivity contribution in [2.24, 2.45) is 5.41 Å². The minimum absolute atomic E-state index is 0.103. The molecule has 0 aromatic carbocycles. The van der Waals surface area contributed by atoms with Gasteiger partial charge in [0.05, 0.1) is 13.7 Å². The third kappa shape index (κ3) is 4.15. The first-order valence-electron chi connectivity index (χ1n) is 7.72. The molecule has 0 amide bonds. The number of piperidine rings is 1. The first-order valence-corrected chi connectivity index (χ1v) is 9.20. The van der Waals surface area contributed by atoms with Crippen LogP contribution in [0.15, 0.2) is 15.6 Å². The molecule has 24 heavy (non-hydrogen) atoms. The van der Waals surface area contributed by atoms with Crippen LogP contribution in [0.1, 0.15) is 29.0 Å². The van der Waals surface area contributed by atoms with Crippen LogP contribution >= 0.6 is 0 Å². The van der Waals surface area contributed by atoms with Gasteiger partial charge >= 0.3 is 5.97 Å². The van der Waals surface area contributed by atoms with E-state index in [0.29, 0.717) is 6.61 Å². The summed E-state index contributed by atoms with van der Waals surface area (Å²) < 4.78 is 42.7. The molecule has 136 valence electrons. The zero-order chi connectivity index (χ0) is 17.8. The maximum absolute atomic E-state index is 12.5. The molecule has 1 fully saturated rings. The molecule has 0 atom stereocenters. The van der Waals surface area contributed by atoms with E-state index < -0.39 is 16.0 Å². The average molecular weight is 360 g/mol. The Morgan fingerprint density at radius 1 is 1.38 bits per heavy atom. The molecule has 1 saturated heterocycles. The number of sulfonamides is 1. The summed E-state index contributed by atoms with van der Waals surface area (Å²) in [4.78, 5) is 11.6. The molecule has 8 nitrogen and oxygen atoms in total. The number of nitrogens with one attached hydrogen (secondary N) is 2. The van der Waals surface area contributed by atoms with Crippen molar-refractivity contribution in [2.45, 2.75) is 24.9 Å². The number of furan rings is 1. The minimum atomic E-state index is -3.86. The summed E-state index contributed by atoms with van der Waals surface area (Å²) in [6.07, 6.45) is 1.63. The Balaban J connectivity index is 2.14. The van der Waals surface area contributed by atoms with E-state index in [1.54, 1.807) is 7.11 Å². The van der Waals surface area contributed by atoms with Crippen LogP contribution in [0.25, 0.3) is 0 Å².